The highest BCUT2D eigenvalue weighted by Crippen LogP contribution is 2.25. The van der Waals surface area contributed by atoms with E-state index >= 15 is 0 Å². The minimum absolute atomic E-state index is 0.841. The second kappa shape index (κ2) is 7.01. The van der Waals surface area contributed by atoms with Gasteiger partial charge in [-0.2, -0.15) is 0 Å². The normalized spacial score (nSPS) is 11.1. The monoisotopic (exact) mass is 424 g/mol. The molecular weight excluding hydrogens is 412 g/mol. The summed E-state index contributed by atoms with van der Waals surface area (Å²) >= 11 is 8.88. The van der Waals surface area contributed by atoms with Crippen LogP contribution in [0.3, 0.4) is 0 Å². The third-order valence-electron chi connectivity index (χ3n) is 3.29. The van der Waals surface area contributed by atoms with Crippen molar-refractivity contribution < 1.29 is 0 Å². The zero-order valence-corrected chi connectivity index (χ0v) is 15.3. The number of rotatable bonds is 5. The predicted octanol–water partition coefficient (Wildman–Crippen LogP) is 5.15. The van der Waals surface area contributed by atoms with Gasteiger partial charge < -0.3 is 5.32 Å². The van der Waals surface area contributed by atoms with Crippen LogP contribution in [-0.4, -0.2) is 11.5 Å². The van der Waals surface area contributed by atoms with E-state index in [9.17, 15) is 0 Å². The second-order valence-electron chi connectivity index (χ2n) is 4.74. The summed E-state index contributed by atoms with van der Waals surface area (Å²) in [5.74, 6) is 0. The Morgan fingerprint density at radius 3 is 2.81 bits per heavy atom. The van der Waals surface area contributed by atoms with Crippen molar-refractivity contribution in [3.63, 3.8) is 0 Å². The third-order valence-corrected chi connectivity index (χ3v) is 5.67. The molecule has 1 N–H and O–H groups in total. The Bertz CT molecular complexity index is 755. The summed E-state index contributed by atoms with van der Waals surface area (Å²) in [7, 11) is 0. The van der Waals surface area contributed by atoms with Crippen molar-refractivity contribution in [2.75, 3.05) is 6.54 Å². The van der Waals surface area contributed by atoms with Gasteiger partial charge in [-0.05, 0) is 52.2 Å². The van der Waals surface area contributed by atoms with Crippen LogP contribution in [0, 0.1) is 0 Å². The number of pyridine rings is 1. The van der Waals surface area contributed by atoms with E-state index in [1.54, 1.807) is 11.3 Å². The zero-order valence-electron chi connectivity index (χ0n) is 11.3. The maximum Gasteiger partial charge on any atom is 0.0758 e. The number of hydrogen-bond acceptors (Lipinski definition) is 3. The first-order valence-electron chi connectivity index (χ1n) is 6.71. The van der Waals surface area contributed by atoms with Crippen LogP contribution in [0.1, 0.15) is 10.4 Å². The van der Waals surface area contributed by atoms with Crippen molar-refractivity contribution in [3.05, 3.63) is 61.3 Å². The fourth-order valence-electron chi connectivity index (χ4n) is 2.26. The summed E-state index contributed by atoms with van der Waals surface area (Å²) < 4.78 is 2.29. The van der Waals surface area contributed by atoms with Crippen LogP contribution >= 0.6 is 43.2 Å². The Morgan fingerprint density at radius 2 is 2.00 bits per heavy atom. The summed E-state index contributed by atoms with van der Waals surface area (Å²) in [6.45, 7) is 1.81. The molecule has 0 radical (unpaired) electrons. The zero-order chi connectivity index (χ0) is 14.7. The van der Waals surface area contributed by atoms with Gasteiger partial charge in [0.1, 0.15) is 0 Å². The first-order chi connectivity index (χ1) is 10.2. The number of benzene rings is 1. The van der Waals surface area contributed by atoms with Crippen LogP contribution < -0.4 is 5.32 Å². The lowest BCUT2D eigenvalue weighted by Gasteiger charge is -2.08. The topological polar surface area (TPSA) is 24.9 Å². The van der Waals surface area contributed by atoms with Crippen LogP contribution in [0.25, 0.3) is 10.9 Å². The molecule has 0 saturated heterocycles. The van der Waals surface area contributed by atoms with Crippen LogP contribution in [-0.2, 0) is 13.0 Å². The van der Waals surface area contributed by atoms with Gasteiger partial charge in [0.25, 0.3) is 0 Å². The number of nitrogens with zero attached hydrogens (tertiary/aromatic N) is 1. The predicted molar refractivity (Wildman–Crippen MR) is 96.9 cm³/mol. The van der Waals surface area contributed by atoms with Gasteiger partial charge in [0, 0.05) is 34.0 Å². The SMILES string of the molecule is Brc1ccc(CCNCc2ccc(Br)c3cccnc23)s1. The van der Waals surface area contributed by atoms with Gasteiger partial charge in [-0.15, -0.1) is 11.3 Å². The van der Waals surface area contributed by atoms with E-state index in [1.807, 2.05) is 12.3 Å². The molecule has 0 fully saturated rings. The number of nitrogens with one attached hydrogen (secondary N) is 1. The minimum atomic E-state index is 0.841. The smallest absolute Gasteiger partial charge is 0.0758 e. The molecule has 0 saturated carbocycles. The van der Waals surface area contributed by atoms with Crippen molar-refractivity contribution in [2.45, 2.75) is 13.0 Å². The number of fused-ring (bicyclic) bond motifs is 1. The largest absolute Gasteiger partial charge is 0.312 e. The standard InChI is InChI=1S/C16H14Br2N2S/c17-14-5-3-11(16-13(14)2-1-8-20-16)10-19-9-7-12-4-6-15(18)21-12/h1-6,8,19H,7,9-10H2. The van der Waals surface area contributed by atoms with Crippen molar-refractivity contribution in [2.24, 2.45) is 0 Å². The highest BCUT2D eigenvalue weighted by molar-refractivity contribution is 9.11. The van der Waals surface area contributed by atoms with Crippen molar-refractivity contribution in [1.82, 2.24) is 10.3 Å². The molecule has 21 heavy (non-hydrogen) atoms. The lowest BCUT2D eigenvalue weighted by atomic mass is 10.1. The highest BCUT2D eigenvalue weighted by Gasteiger charge is 2.05. The van der Waals surface area contributed by atoms with Crippen molar-refractivity contribution >= 4 is 54.1 Å². The van der Waals surface area contributed by atoms with Gasteiger partial charge in [0.15, 0.2) is 0 Å². The number of thiophene rings is 1. The molecule has 0 aliphatic carbocycles. The van der Waals surface area contributed by atoms with E-state index in [2.05, 4.69) is 72.5 Å². The molecule has 108 valence electrons. The van der Waals surface area contributed by atoms with Gasteiger partial charge >= 0.3 is 0 Å². The lowest BCUT2D eigenvalue weighted by Crippen LogP contribution is -2.16. The number of hydrogen-bond donors (Lipinski definition) is 1. The summed E-state index contributed by atoms with van der Waals surface area (Å²) in [5, 5.41) is 4.67. The molecule has 0 bridgehead atoms. The Morgan fingerprint density at radius 1 is 1.10 bits per heavy atom. The van der Waals surface area contributed by atoms with Gasteiger partial charge in [-0.3, -0.25) is 4.98 Å². The van der Waals surface area contributed by atoms with Crippen molar-refractivity contribution in [3.8, 4) is 0 Å². The average molecular weight is 426 g/mol. The van der Waals surface area contributed by atoms with Gasteiger partial charge in [0.05, 0.1) is 9.30 Å². The number of halogens is 2. The summed E-state index contributed by atoms with van der Waals surface area (Å²) in [6.07, 6.45) is 2.90. The van der Waals surface area contributed by atoms with E-state index in [-0.39, 0.29) is 0 Å². The lowest BCUT2D eigenvalue weighted by molar-refractivity contribution is 0.693. The second-order valence-corrected chi connectivity index (χ2v) is 8.14. The Labute approximate surface area is 144 Å². The van der Waals surface area contributed by atoms with Gasteiger partial charge in [0.2, 0.25) is 0 Å². The molecule has 1 aromatic carbocycles. The van der Waals surface area contributed by atoms with E-state index in [0.717, 1.165) is 29.5 Å². The fraction of sp³-hybridized carbons (Fsp3) is 0.188. The molecule has 2 nitrogen and oxygen atoms in total. The molecule has 5 heteroatoms. The quantitative estimate of drug-likeness (QED) is 0.571. The van der Waals surface area contributed by atoms with E-state index in [0.29, 0.717) is 0 Å². The average Bonchev–Trinajstić information content (AvgIpc) is 2.91. The molecule has 3 rings (SSSR count). The maximum absolute atomic E-state index is 4.51. The fourth-order valence-corrected chi connectivity index (χ4v) is 4.19. The molecular formula is C16H14Br2N2S. The molecule has 0 unspecified atom stereocenters. The molecule has 0 amide bonds. The first-order valence-corrected chi connectivity index (χ1v) is 9.11. The van der Waals surface area contributed by atoms with E-state index < -0.39 is 0 Å². The molecule has 2 heterocycles. The molecule has 2 aromatic heterocycles. The summed E-state index contributed by atoms with van der Waals surface area (Å²) in [6, 6.07) is 12.6. The van der Waals surface area contributed by atoms with Gasteiger partial charge in [-0.25, -0.2) is 0 Å². The Hall–Kier alpha value is -0.750. The molecule has 0 atom stereocenters. The van der Waals surface area contributed by atoms with E-state index in [1.165, 1.54) is 19.6 Å². The van der Waals surface area contributed by atoms with Crippen LogP contribution in [0.2, 0.25) is 0 Å². The molecule has 0 spiro atoms. The summed E-state index contributed by atoms with van der Waals surface area (Å²) in [5.41, 5.74) is 2.31. The van der Waals surface area contributed by atoms with Crippen LogP contribution in [0.4, 0.5) is 0 Å². The van der Waals surface area contributed by atoms with Crippen molar-refractivity contribution in [1.29, 1.82) is 0 Å². The summed E-state index contributed by atoms with van der Waals surface area (Å²) in [4.78, 5) is 5.90. The van der Waals surface area contributed by atoms with Gasteiger partial charge in [-0.1, -0.05) is 28.1 Å². The molecule has 0 aliphatic rings. The maximum atomic E-state index is 4.51. The minimum Gasteiger partial charge on any atom is -0.312 e. The van der Waals surface area contributed by atoms with Crippen LogP contribution in [0.15, 0.2) is 50.9 Å². The Kier molecular flexibility index (Phi) is 5.06. The Balaban J connectivity index is 1.64. The molecule has 0 aliphatic heterocycles. The first kappa shape index (κ1) is 15.2. The third kappa shape index (κ3) is 3.72. The van der Waals surface area contributed by atoms with Crippen LogP contribution in [0.5, 0.6) is 0 Å². The highest BCUT2D eigenvalue weighted by atomic mass is 79.9. The number of aromatic nitrogens is 1. The molecule has 3 aromatic rings. The van der Waals surface area contributed by atoms with E-state index in [4.69, 9.17) is 0 Å².